The molecule has 0 amide bonds. The first-order valence-electron chi connectivity index (χ1n) is 12.2. The van der Waals surface area contributed by atoms with Gasteiger partial charge in [-0.15, -0.1) is 0 Å². The number of para-hydroxylation sites is 1. The van der Waals surface area contributed by atoms with Crippen molar-refractivity contribution in [1.82, 2.24) is 9.97 Å². The van der Waals surface area contributed by atoms with Crippen LogP contribution < -0.4 is 0 Å². The zero-order valence-corrected chi connectivity index (χ0v) is 19.6. The summed E-state index contributed by atoms with van der Waals surface area (Å²) in [6.45, 7) is 0. The first kappa shape index (κ1) is 20.5. The molecule has 2 heteroatoms. The lowest BCUT2D eigenvalue weighted by atomic mass is 9.91. The standard InChI is InChI=1S/C34H22N2/c1-3-11-23(12-4-1)28-21-30-29(24-13-5-2-6-14-24)22-33(36-34(30)27-17-9-8-16-26(27)28)32-20-19-25-15-7-10-18-31(25)35-32/h1-22H. The minimum atomic E-state index is 0.879. The number of nitrogens with zero attached hydrogens (tertiary/aromatic N) is 2. The maximum atomic E-state index is 5.24. The number of pyridine rings is 2. The maximum Gasteiger partial charge on any atom is 0.0900 e. The highest BCUT2D eigenvalue weighted by molar-refractivity contribution is 6.16. The molecule has 2 aromatic heterocycles. The van der Waals surface area contributed by atoms with E-state index in [9.17, 15) is 0 Å². The second-order valence-electron chi connectivity index (χ2n) is 9.04. The topological polar surface area (TPSA) is 25.8 Å². The number of aromatic nitrogens is 2. The van der Waals surface area contributed by atoms with Crippen LogP contribution in [0.3, 0.4) is 0 Å². The highest BCUT2D eigenvalue weighted by Gasteiger charge is 2.16. The first-order valence-corrected chi connectivity index (χ1v) is 12.2. The van der Waals surface area contributed by atoms with Gasteiger partial charge >= 0.3 is 0 Å². The van der Waals surface area contributed by atoms with Gasteiger partial charge in [0.15, 0.2) is 0 Å². The molecule has 0 atom stereocenters. The fourth-order valence-corrected chi connectivity index (χ4v) is 5.11. The average Bonchev–Trinajstić information content (AvgIpc) is 2.97. The minimum Gasteiger partial charge on any atom is -0.246 e. The summed E-state index contributed by atoms with van der Waals surface area (Å²) in [6, 6.07) is 46.7. The van der Waals surface area contributed by atoms with Gasteiger partial charge in [-0.2, -0.15) is 0 Å². The Balaban J connectivity index is 1.59. The van der Waals surface area contributed by atoms with Crippen LogP contribution in [-0.4, -0.2) is 9.97 Å². The number of fused-ring (bicyclic) bond motifs is 4. The number of hydrogen-bond donors (Lipinski definition) is 0. The molecule has 0 saturated heterocycles. The first-order chi connectivity index (χ1) is 17.8. The smallest absolute Gasteiger partial charge is 0.0900 e. The maximum absolute atomic E-state index is 5.24. The third-order valence-electron chi connectivity index (χ3n) is 6.85. The monoisotopic (exact) mass is 458 g/mol. The molecule has 0 radical (unpaired) electrons. The molecule has 5 aromatic carbocycles. The second-order valence-corrected chi connectivity index (χ2v) is 9.04. The molecule has 2 nitrogen and oxygen atoms in total. The van der Waals surface area contributed by atoms with Crippen LogP contribution in [-0.2, 0) is 0 Å². The van der Waals surface area contributed by atoms with E-state index in [1.165, 1.54) is 22.1 Å². The molecule has 0 N–H and O–H groups in total. The third-order valence-corrected chi connectivity index (χ3v) is 6.85. The Morgan fingerprint density at radius 1 is 0.389 bits per heavy atom. The van der Waals surface area contributed by atoms with Crippen molar-refractivity contribution in [3.05, 3.63) is 133 Å². The number of hydrogen-bond acceptors (Lipinski definition) is 2. The molecular weight excluding hydrogens is 436 g/mol. The minimum absolute atomic E-state index is 0.879. The number of benzene rings is 5. The summed E-state index contributed by atoms with van der Waals surface area (Å²) in [5.74, 6) is 0. The Bertz CT molecular complexity index is 1870. The molecule has 36 heavy (non-hydrogen) atoms. The van der Waals surface area contributed by atoms with Gasteiger partial charge in [0.2, 0.25) is 0 Å². The van der Waals surface area contributed by atoms with Crippen molar-refractivity contribution >= 4 is 32.6 Å². The van der Waals surface area contributed by atoms with Crippen molar-refractivity contribution in [2.75, 3.05) is 0 Å². The molecule has 7 aromatic rings. The summed E-state index contributed by atoms with van der Waals surface area (Å²) in [5, 5.41) is 4.62. The Morgan fingerprint density at radius 3 is 1.75 bits per heavy atom. The lowest BCUT2D eigenvalue weighted by molar-refractivity contribution is 1.32. The van der Waals surface area contributed by atoms with Crippen molar-refractivity contribution in [3.8, 4) is 33.6 Å². The van der Waals surface area contributed by atoms with Gasteiger partial charge in [-0.3, -0.25) is 0 Å². The van der Waals surface area contributed by atoms with E-state index in [4.69, 9.17) is 9.97 Å². The van der Waals surface area contributed by atoms with Gasteiger partial charge in [-0.25, -0.2) is 9.97 Å². The lowest BCUT2D eigenvalue weighted by Crippen LogP contribution is -1.94. The molecule has 2 heterocycles. The quantitative estimate of drug-likeness (QED) is 0.247. The van der Waals surface area contributed by atoms with Crippen molar-refractivity contribution < 1.29 is 0 Å². The Kier molecular flexibility index (Phi) is 4.82. The van der Waals surface area contributed by atoms with Crippen molar-refractivity contribution in [1.29, 1.82) is 0 Å². The van der Waals surface area contributed by atoms with E-state index in [1.807, 2.05) is 12.1 Å². The summed E-state index contributed by atoms with van der Waals surface area (Å²) in [6.07, 6.45) is 0. The van der Waals surface area contributed by atoms with Gasteiger partial charge in [0.25, 0.3) is 0 Å². The van der Waals surface area contributed by atoms with E-state index in [-0.39, 0.29) is 0 Å². The highest BCUT2D eigenvalue weighted by Crippen LogP contribution is 2.40. The van der Waals surface area contributed by atoms with Crippen molar-refractivity contribution in [3.63, 3.8) is 0 Å². The van der Waals surface area contributed by atoms with E-state index in [0.29, 0.717) is 0 Å². The molecule has 0 aliphatic carbocycles. The summed E-state index contributed by atoms with van der Waals surface area (Å²) in [4.78, 5) is 10.2. The Morgan fingerprint density at radius 2 is 1.00 bits per heavy atom. The molecule has 0 aliphatic rings. The van der Waals surface area contributed by atoms with Crippen LogP contribution in [0.25, 0.3) is 66.2 Å². The normalized spacial score (nSPS) is 11.3. The summed E-state index contributed by atoms with van der Waals surface area (Å²) >= 11 is 0. The molecular formula is C34H22N2. The van der Waals surface area contributed by atoms with Crippen LogP contribution in [0.15, 0.2) is 133 Å². The molecule has 0 aliphatic heterocycles. The summed E-state index contributed by atoms with van der Waals surface area (Å²) in [5.41, 5.74) is 8.48. The third kappa shape index (κ3) is 3.43. The van der Waals surface area contributed by atoms with Gasteiger partial charge in [-0.1, -0.05) is 109 Å². The van der Waals surface area contributed by atoms with Gasteiger partial charge in [0.05, 0.1) is 22.4 Å². The predicted molar refractivity (Wildman–Crippen MR) is 151 cm³/mol. The summed E-state index contributed by atoms with van der Waals surface area (Å²) < 4.78 is 0. The van der Waals surface area contributed by atoms with Crippen LogP contribution in [0.4, 0.5) is 0 Å². The zero-order chi connectivity index (χ0) is 23.9. The van der Waals surface area contributed by atoms with E-state index < -0.39 is 0 Å². The van der Waals surface area contributed by atoms with E-state index in [1.54, 1.807) is 0 Å². The number of rotatable bonds is 3. The summed E-state index contributed by atoms with van der Waals surface area (Å²) in [7, 11) is 0. The van der Waals surface area contributed by atoms with Crippen molar-refractivity contribution in [2.45, 2.75) is 0 Å². The molecule has 0 spiro atoms. The Hall–Kier alpha value is -4.82. The molecule has 0 unspecified atom stereocenters. The van der Waals surface area contributed by atoms with Gasteiger partial charge in [0, 0.05) is 16.2 Å². The van der Waals surface area contributed by atoms with Gasteiger partial charge in [-0.05, 0) is 51.9 Å². The fourth-order valence-electron chi connectivity index (χ4n) is 5.11. The van der Waals surface area contributed by atoms with E-state index >= 15 is 0 Å². The van der Waals surface area contributed by atoms with Crippen LogP contribution in [0.5, 0.6) is 0 Å². The van der Waals surface area contributed by atoms with E-state index in [2.05, 4.69) is 121 Å². The zero-order valence-electron chi connectivity index (χ0n) is 19.6. The molecule has 168 valence electrons. The van der Waals surface area contributed by atoms with Gasteiger partial charge in [0.1, 0.15) is 0 Å². The van der Waals surface area contributed by atoms with Crippen molar-refractivity contribution in [2.24, 2.45) is 0 Å². The fraction of sp³-hybridized carbons (Fsp3) is 0. The lowest BCUT2D eigenvalue weighted by Gasteiger charge is -2.15. The van der Waals surface area contributed by atoms with E-state index in [0.717, 1.165) is 44.1 Å². The SMILES string of the molecule is c1ccc(-c2cc3c(-c4ccccc4)cc(-c4ccc5ccccc5n4)nc3c3ccccc23)cc1. The molecule has 7 rings (SSSR count). The van der Waals surface area contributed by atoms with Gasteiger partial charge < -0.3 is 0 Å². The van der Waals surface area contributed by atoms with Crippen LogP contribution in [0.2, 0.25) is 0 Å². The molecule has 0 bridgehead atoms. The predicted octanol–water partition coefficient (Wildman–Crippen LogP) is 8.94. The average molecular weight is 459 g/mol. The van der Waals surface area contributed by atoms with Crippen LogP contribution in [0, 0.1) is 0 Å². The highest BCUT2D eigenvalue weighted by atomic mass is 14.8. The molecule has 0 fully saturated rings. The van der Waals surface area contributed by atoms with Crippen LogP contribution >= 0.6 is 0 Å². The van der Waals surface area contributed by atoms with Crippen LogP contribution in [0.1, 0.15) is 0 Å². The molecule has 0 saturated carbocycles. The largest absolute Gasteiger partial charge is 0.246 e. The Labute approximate surface area is 209 Å². The second kappa shape index (κ2) is 8.44.